The number of para-hydroxylation sites is 1. The Morgan fingerprint density at radius 3 is 2.56 bits per heavy atom. The molecule has 1 aliphatic rings. The summed E-state index contributed by atoms with van der Waals surface area (Å²) >= 11 is 0. The first-order chi connectivity index (χ1) is 16.7. The van der Waals surface area contributed by atoms with Gasteiger partial charge in [-0.3, -0.25) is 9.36 Å². The molecule has 0 unspecified atom stereocenters. The van der Waals surface area contributed by atoms with Gasteiger partial charge in [-0.1, -0.05) is 18.2 Å². The number of fused-ring (bicyclic) bond motifs is 1. The molecule has 34 heavy (non-hydrogen) atoms. The van der Waals surface area contributed by atoms with Crippen LogP contribution in [-0.2, 0) is 4.79 Å². The van der Waals surface area contributed by atoms with E-state index in [9.17, 15) is 9.59 Å². The number of pyridine rings is 1. The predicted octanol–water partition coefficient (Wildman–Crippen LogP) is 4.85. The number of hydrogen-bond acceptors (Lipinski definition) is 5. The van der Waals surface area contributed by atoms with Crippen LogP contribution in [0.2, 0.25) is 0 Å². The Kier molecular flexibility index (Phi) is 6.22. The van der Waals surface area contributed by atoms with Gasteiger partial charge in [0, 0.05) is 35.5 Å². The first-order valence-electron chi connectivity index (χ1n) is 11.3. The van der Waals surface area contributed by atoms with E-state index >= 15 is 0 Å². The molecular weight excluding hydrogens is 430 g/mol. The van der Waals surface area contributed by atoms with Gasteiger partial charge in [-0.2, -0.15) is 0 Å². The number of ether oxygens (including phenoxy) is 1. The van der Waals surface area contributed by atoms with Crippen molar-refractivity contribution >= 4 is 34.3 Å². The van der Waals surface area contributed by atoms with E-state index in [0.717, 1.165) is 42.5 Å². The molecule has 0 atom stereocenters. The van der Waals surface area contributed by atoms with Crippen LogP contribution in [0.15, 0.2) is 79.1 Å². The smallest absolute Gasteiger partial charge is 0.330 e. The lowest BCUT2D eigenvalue weighted by atomic mass is 9.97. The Morgan fingerprint density at radius 1 is 0.941 bits per heavy atom. The summed E-state index contributed by atoms with van der Waals surface area (Å²) < 4.78 is 7.57. The van der Waals surface area contributed by atoms with Crippen molar-refractivity contribution in [2.75, 3.05) is 23.7 Å². The Hall–Kier alpha value is -4.17. The van der Waals surface area contributed by atoms with Crippen molar-refractivity contribution in [1.29, 1.82) is 0 Å². The van der Waals surface area contributed by atoms with Crippen molar-refractivity contribution in [3.05, 3.63) is 79.1 Å². The molecule has 4 aromatic rings. The number of nitrogens with one attached hydrogen (secondary N) is 3. The molecule has 0 radical (unpaired) electrons. The van der Waals surface area contributed by atoms with Crippen LogP contribution in [0.1, 0.15) is 12.8 Å². The molecule has 8 heteroatoms. The summed E-state index contributed by atoms with van der Waals surface area (Å²) in [7, 11) is 0. The van der Waals surface area contributed by atoms with Crippen LogP contribution < -0.4 is 20.7 Å². The Labute approximate surface area is 197 Å². The lowest BCUT2D eigenvalue weighted by Gasteiger charge is -2.21. The molecule has 0 bridgehead atoms. The summed E-state index contributed by atoms with van der Waals surface area (Å²) in [4.78, 5) is 29.4. The highest BCUT2D eigenvalue weighted by Gasteiger charge is 2.21. The third kappa shape index (κ3) is 4.92. The standard InChI is InChI=1S/C26H25N5O3/c32-25(18-8-12-27-13-9-18)30-24-17-22(10-14-28-24)34-21-6-7-23-19(16-21)11-15-31(23)26(33)29-20-4-2-1-3-5-20/h1-7,10-11,14-18,27H,8-9,12-13H2,(H,29,33)(H,28,30,32). The number of aromatic nitrogens is 2. The molecule has 0 aliphatic carbocycles. The number of carbonyl (C=O) groups excluding carboxylic acids is 2. The zero-order valence-electron chi connectivity index (χ0n) is 18.5. The summed E-state index contributed by atoms with van der Waals surface area (Å²) in [5.41, 5.74) is 1.50. The van der Waals surface area contributed by atoms with E-state index in [4.69, 9.17) is 4.74 Å². The quantitative estimate of drug-likeness (QED) is 0.400. The third-order valence-electron chi connectivity index (χ3n) is 5.83. The van der Waals surface area contributed by atoms with Crippen LogP contribution in [0.4, 0.5) is 16.3 Å². The maximum absolute atomic E-state index is 12.7. The van der Waals surface area contributed by atoms with E-state index < -0.39 is 0 Å². The number of hydrogen-bond donors (Lipinski definition) is 3. The van der Waals surface area contributed by atoms with Gasteiger partial charge in [-0.05, 0) is 68.4 Å². The average Bonchev–Trinajstić information content (AvgIpc) is 3.29. The zero-order chi connectivity index (χ0) is 23.3. The molecule has 2 amide bonds. The number of benzene rings is 2. The van der Waals surface area contributed by atoms with Gasteiger partial charge in [0.1, 0.15) is 17.3 Å². The molecule has 3 N–H and O–H groups in total. The van der Waals surface area contributed by atoms with E-state index in [0.29, 0.717) is 17.3 Å². The summed E-state index contributed by atoms with van der Waals surface area (Å²) in [6.07, 6.45) is 4.99. The molecule has 1 fully saturated rings. The van der Waals surface area contributed by atoms with Crippen LogP contribution >= 0.6 is 0 Å². The first kappa shape index (κ1) is 21.7. The second kappa shape index (κ2) is 9.76. The molecule has 2 aromatic heterocycles. The minimum Gasteiger partial charge on any atom is -0.457 e. The van der Waals surface area contributed by atoms with Crippen molar-refractivity contribution in [2.24, 2.45) is 5.92 Å². The average molecular weight is 456 g/mol. The Bertz CT molecular complexity index is 1310. The van der Waals surface area contributed by atoms with Crippen molar-refractivity contribution in [3.63, 3.8) is 0 Å². The molecule has 8 nitrogen and oxygen atoms in total. The maximum Gasteiger partial charge on any atom is 0.330 e. The van der Waals surface area contributed by atoms with Gasteiger partial charge in [-0.15, -0.1) is 0 Å². The number of piperidine rings is 1. The Morgan fingerprint density at radius 2 is 1.74 bits per heavy atom. The van der Waals surface area contributed by atoms with E-state index in [1.54, 1.807) is 29.1 Å². The molecule has 0 spiro atoms. The van der Waals surface area contributed by atoms with Crippen LogP contribution in [0.3, 0.4) is 0 Å². The largest absolute Gasteiger partial charge is 0.457 e. The van der Waals surface area contributed by atoms with Crippen LogP contribution in [0, 0.1) is 5.92 Å². The van der Waals surface area contributed by atoms with Crippen LogP contribution in [0.25, 0.3) is 10.9 Å². The zero-order valence-corrected chi connectivity index (χ0v) is 18.5. The number of nitrogens with zero attached hydrogens (tertiary/aromatic N) is 2. The highest BCUT2D eigenvalue weighted by molar-refractivity contribution is 5.98. The summed E-state index contributed by atoms with van der Waals surface area (Å²) in [6.45, 7) is 1.71. The van der Waals surface area contributed by atoms with Crippen molar-refractivity contribution in [1.82, 2.24) is 14.9 Å². The van der Waals surface area contributed by atoms with Gasteiger partial charge in [0.2, 0.25) is 5.91 Å². The lowest BCUT2D eigenvalue weighted by molar-refractivity contribution is -0.120. The van der Waals surface area contributed by atoms with E-state index in [2.05, 4.69) is 20.9 Å². The lowest BCUT2D eigenvalue weighted by Crippen LogP contribution is -2.34. The highest BCUT2D eigenvalue weighted by Crippen LogP contribution is 2.28. The second-order valence-electron chi connectivity index (χ2n) is 8.19. The third-order valence-corrected chi connectivity index (χ3v) is 5.83. The van der Waals surface area contributed by atoms with Crippen molar-refractivity contribution in [2.45, 2.75) is 12.8 Å². The van der Waals surface area contributed by atoms with E-state index in [1.165, 1.54) is 0 Å². The normalized spacial score (nSPS) is 14.0. The fourth-order valence-corrected chi connectivity index (χ4v) is 4.06. The molecule has 2 aromatic carbocycles. The minimum absolute atomic E-state index is 0.00170. The summed E-state index contributed by atoms with van der Waals surface area (Å²) in [6, 6.07) is 19.9. The number of amides is 2. The summed E-state index contributed by atoms with van der Waals surface area (Å²) in [5.74, 6) is 1.64. The SMILES string of the molecule is O=C(Nc1cc(Oc2ccc3c(ccn3C(=O)Nc3ccccc3)c2)ccn1)C1CCNCC1. The molecule has 1 aliphatic heterocycles. The van der Waals surface area contributed by atoms with Crippen LogP contribution in [-0.4, -0.2) is 34.6 Å². The fraction of sp³-hybridized carbons (Fsp3) is 0.192. The number of anilines is 2. The van der Waals surface area contributed by atoms with Gasteiger partial charge < -0.3 is 20.7 Å². The first-order valence-corrected chi connectivity index (χ1v) is 11.3. The summed E-state index contributed by atoms with van der Waals surface area (Å²) in [5, 5.41) is 9.91. The van der Waals surface area contributed by atoms with Gasteiger partial charge >= 0.3 is 6.03 Å². The van der Waals surface area contributed by atoms with Gasteiger partial charge in [0.25, 0.3) is 0 Å². The Balaban J connectivity index is 1.27. The number of rotatable bonds is 5. The molecule has 1 saturated heterocycles. The van der Waals surface area contributed by atoms with Crippen LogP contribution in [0.5, 0.6) is 11.5 Å². The molecule has 5 rings (SSSR count). The van der Waals surface area contributed by atoms with Gasteiger partial charge in [-0.25, -0.2) is 9.78 Å². The second-order valence-corrected chi connectivity index (χ2v) is 8.19. The van der Waals surface area contributed by atoms with E-state index in [-0.39, 0.29) is 17.9 Å². The molecular formula is C26H25N5O3. The van der Waals surface area contributed by atoms with Crippen molar-refractivity contribution < 1.29 is 14.3 Å². The van der Waals surface area contributed by atoms with E-state index in [1.807, 2.05) is 54.6 Å². The molecule has 172 valence electrons. The molecule has 3 heterocycles. The fourth-order valence-electron chi connectivity index (χ4n) is 4.06. The molecule has 0 saturated carbocycles. The number of carbonyl (C=O) groups is 2. The van der Waals surface area contributed by atoms with Gasteiger partial charge in [0.05, 0.1) is 5.52 Å². The monoisotopic (exact) mass is 455 g/mol. The highest BCUT2D eigenvalue weighted by atomic mass is 16.5. The topological polar surface area (TPSA) is 97.3 Å². The van der Waals surface area contributed by atoms with Crippen molar-refractivity contribution in [3.8, 4) is 11.5 Å². The maximum atomic E-state index is 12.7. The minimum atomic E-state index is -0.238. The predicted molar refractivity (Wildman–Crippen MR) is 131 cm³/mol. The van der Waals surface area contributed by atoms with Gasteiger partial charge in [0.15, 0.2) is 0 Å².